The molecule has 3 rings (SSSR count). The van der Waals surface area contributed by atoms with Crippen molar-refractivity contribution in [2.24, 2.45) is 0 Å². The van der Waals surface area contributed by atoms with Crippen LogP contribution >= 0.6 is 11.6 Å². The van der Waals surface area contributed by atoms with Crippen molar-refractivity contribution >= 4 is 28.8 Å². The van der Waals surface area contributed by atoms with Crippen LogP contribution in [0.1, 0.15) is 29.1 Å². The molecular formula is C18H19ClN4O. The number of fused-ring (bicyclic) bond motifs is 1. The van der Waals surface area contributed by atoms with Crippen LogP contribution in [-0.2, 0) is 11.2 Å². The van der Waals surface area contributed by atoms with Crippen molar-refractivity contribution in [3.63, 3.8) is 0 Å². The Hall–Kier alpha value is -2.40. The summed E-state index contributed by atoms with van der Waals surface area (Å²) in [6.07, 6.45) is 1.01. The molecule has 0 radical (unpaired) electrons. The minimum atomic E-state index is -0.0344. The molecule has 3 aromatic rings. The van der Waals surface area contributed by atoms with Gasteiger partial charge in [-0.2, -0.15) is 5.10 Å². The van der Waals surface area contributed by atoms with E-state index in [1.807, 2.05) is 31.4 Å². The lowest BCUT2D eigenvalue weighted by Crippen LogP contribution is -2.14. The number of anilines is 1. The molecular weight excluding hydrogens is 324 g/mol. The summed E-state index contributed by atoms with van der Waals surface area (Å²) in [4.78, 5) is 16.8. The zero-order valence-corrected chi connectivity index (χ0v) is 14.7. The Morgan fingerprint density at radius 1 is 1.21 bits per heavy atom. The molecule has 0 saturated heterocycles. The molecule has 0 spiro atoms. The van der Waals surface area contributed by atoms with Gasteiger partial charge in [-0.1, -0.05) is 11.6 Å². The van der Waals surface area contributed by atoms with E-state index in [2.05, 4.69) is 15.4 Å². The second kappa shape index (κ2) is 6.61. The number of carbonyl (C=O) groups excluding carboxylic acids is 1. The highest BCUT2D eigenvalue weighted by Crippen LogP contribution is 2.18. The van der Waals surface area contributed by atoms with E-state index in [1.54, 1.807) is 24.3 Å². The Labute approximate surface area is 145 Å². The van der Waals surface area contributed by atoms with E-state index in [9.17, 15) is 4.79 Å². The Balaban J connectivity index is 1.73. The van der Waals surface area contributed by atoms with Crippen molar-refractivity contribution in [1.29, 1.82) is 0 Å². The van der Waals surface area contributed by atoms with Crippen molar-refractivity contribution in [2.45, 2.75) is 33.6 Å². The van der Waals surface area contributed by atoms with Gasteiger partial charge >= 0.3 is 0 Å². The zero-order valence-electron chi connectivity index (χ0n) is 13.9. The van der Waals surface area contributed by atoms with Gasteiger partial charge in [-0.3, -0.25) is 4.79 Å². The molecule has 124 valence electrons. The fourth-order valence-electron chi connectivity index (χ4n) is 2.80. The van der Waals surface area contributed by atoms with Crippen molar-refractivity contribution in [1.82, 2.24) is 14.6 Å². The lowest BCUT2D eigenvalue weighted by atomic mass is 10.1. The van der Waals surface area contributed by atoms with Gasteiger partial charge in [0.25, 0.3) is 0 Å². The summed E-state index contributed by atoms with van der Waals surface area (Å²) in [5, 5.41) is 7.98. The van der Waals surface area contributed by atoms with Gasteiger partial charge in [0.2, 0.25) is 5.91 Å². The molecule has 2 aromatic heterocycles. The first-order valence-corrected chi connectivity index (χ1v) is 8.19. The number of halogens is 1. The molecule has 24 heavy (non-hydrogen) atoms. The predicted octanol–water partition coefficient (Wildman–Crippen LogP) is 3.88. The van der Waals surface area contributed by atoms with Gasteiger partial charge in [-0.05, 0) is 57.0 Å². The molecule has 1 aromatic carbocycles. The lowest BCUT2D eigenvalue weighted by Gasteiger charge is -2.11. The number of aryl methyl sites for hydroxylation is 3. The fraction of sp³-hybridized carbons (Fsp3) is 0.278. The maximum absolute atomic E-state index is 12.2. The molecule has 0 bridgehead atoms. The largest absolute Gasteiger partial charge is 0.326 e. The highest BCUT2D eigenvalue weighted by molar-refractivity contribution is 6.30. The lowest BCUT2D eigenvalue weighted by molar-refractivity contribution is -0.116. The third kappa shape index (κ3) is 3.41. The normalized spacial score (nSPS) is 11.0. The maximum Gasteiger partial charge on any atom is 0.224 e. The number of amides is 1. The standard InChI is InChI=1S/C18H19ClN4O/c1-11-10-17-20-12(2)16(13(3)23(17)22-11)8-9-18(24)21-15-6-4-14(19)5-7-15/h4-7,10H,8-9H2,1-3H3,(H,21,24). The highest BCUT2D eigenvalue weighted by Gasteiger charge is 2.13. The van der Waals surface area contributed by atoms with Gasteiger partial charge in [0, 0.05) is 34.6 Å². The summed E-state index contributed by atoms with van der Waals surface area (Å²) < 4.78 is 1.84. The number of rotatable bonds is 4. The molecule has 0 atom stereocenters. The number of hydrogen-bond acceptors (Lipinski definition) is 3. The number of nitrogens with zero attached hydrogens (tertiary/aromatic N) is 3. The average Bonchev–Trinajstić information content (AvgIpc) is 2.90. The minimum absolute atomic E-state index is 0.0344. The second-order valence-electron chi connectivity index (χ2n) is 5.87. The topological polar surface area (TPSA) is 59.3 Å². The predicted molar refractivity (Wildman–Crippen MR) is 95.6 cm³/mol. The Bertz CT molecular complexity index is 900. The average molecular weight is 343 g/mol. The summed E-state index contributed by atoms with van der Waals surface area (Å²) in [7, 11) is 0. The van der Waals surface area contributed by atoms with Crippen molar-refractivity contribution in [2.75, 3.05) is 5.32 Å². The van der Waals surface area contributed by atoms with Crippen LogP contribution in [0.4, 0.5) is 5.69 Å². The van der Waals surface area contributed by atoms with Crippen LogP contribution in [0.25, 0.3) is 5.65 Å². The second-order valence-corrected chi connectivity index (χ2v) is 6.31. The third-order valence-corrected chi connectivity index (χ3v) is 4.27. The number of aromatic nitrogens is 3. The van der Waals surface area contributed by atoms with Gasteiger partial charge in [0.15, 0.2) is 5.65 Å². The van der Waals surface area contributed by atoms with Gasteiger partial charge < -0.3 is 5.32 Å². The Kier molecular flexibility index (Phi) is 4.53. The molecule has 2 heterocycles. The SMILES string of the molecule is Cc1cc2nc(C)c(CCC(=O)Nc3ccc(Cl)cc3)c(C)n2n1. The zero-order chi connectivity index (χ0) is 17.3. The molecule has 1 N–H and O–H groups in total. The van der Waals surface area contributed by atoms with Crippen LogP contribution in [0.15, 0.2) is 30.3 Å². The molecule has 0 fully saturated rings. The van der Waals surface area contributed by atoms with Crippen LogP contribution < -0.4 is 5.32 Å². The number of nitrogens with one attached hydrogen (secondary N) is 1. The van der Waals surface area contributed by atoms with E-state index < -0.39 is 0 Å². The molecule has 5 nitrogen and oxygen atoms in total. The number of carbonyl (C=O) groups is 1. The van der Waals surface area contributed by atoms with E-state index in [-0.39, 0.29) is 5.91 Å². The van der Waals surface area contributed by atoms with Gasteiger partial charge in [0.1, 0.15) is 0 Å². The van der Waals surface area contributed by atoms with Crippen LogP contribution in [0.5, 0.6) is 0 Å². The van der Waals surface area contributed by atoms with E-state index in [0.29, 0.717) is 17.9 Å². The monoisotopic (exact) mass is 342 g/mol. The van der Waals surface area contributed by atoms with E-state index in [4.69, 9.17) is 11.6 Å². The molecule has 0 unspecified atom stereocenters. The molecule has 6 heteroatoms. The summed E-state index contributed by atoms with van der Waals surface area (Å²) in [5.74, 6) is -0.0344. The van der Waals surface area contributed by atoms with Crippen molar-refractivity contribution in [3.8, 4) is 0 Å². The van der Waals surface area contributed by atoms with Crippen molar-refractivity contribution < 1.29 is 4.79 Å². The first-order valence-electron chi connectivity index (χ1n) is 7.82. The molecule has 0 aliphatic carbocycles. The third-order valence-electron chi connectivity index (χ3n) is 4.02. The fourth-order valence-corrected chi connectivity index (χ4v) is 2.92. The molecule has 1 amide bonds. The van der Waals surface area contributed by atoms with Crippen molar-refractivity contribution in [3.05, 3.63) is 58.0 Å². The quantitative estimate of drug-likeness (QED) is 0.782. The van der Waals surface area contributed by atoms with E-state index >= 15 is 0 Å². The van der Waals surface area contributed by atoms with Crippen LogP contribution in [0.2, 0.25) is 5.02 Å². The first-order chi connectivity index (χ1) is 11.4. The van der Waals surface area contributed by atoms with Crippen LogP contribution in [0.3, 0.4) is 0 Å². The minimum Gasteiger partial charge on any atom is -0.326 e. The smallest absolute Gasteiger partial charge is 0.224 e. The molecule has 0 aliphatic heterocycles. The summed E-state index contributed by atoms with van der Waals surface area (Å²) in [6.45, 7) is 5.94. The maximum atomic E-state index is 12.2. The van der Waals surface area contributed by atoms with E-state index in [1.165, 1.54) is 0 Å². The molecule has 0 saturated carbocycles. The van der Waals surface area contributed by atoms with Crippen LogP contribution in [0, 0.1) is 20.8 Å². The van der Waals surface area contributed by atoms with Gasteiger partial charge in [0.05, 0.1) is 5.69 Å². The van der Waals surface area contributed by atoms with E-state index in [0.717, 1.165) is 34.0 Å². The number of hydrogen-bond donors (Lipinski definition) is 1. The summed E-state index contributed by atoms with van der Waals surface area (Å²) in [6, 6.07) is 9.04. The van der Waals surface area contributed by atoms with Crippen LogP contribution in [-0.4, -0.2) is 20.5 Å². The summed E-state index contributed by atoms with van der Waals surface area (Å²) >= 11 is 5.85. The number of benzene rings is 1. The Morgan fingerprint density at radius 3 is 2.62 bits per heavy atom. The molecule has 0 aliphatic rings. The van der Waals surface area contributed by atoms with Gasteiger partial charge in [-0.25, -0.2) is 9.50 Å². The van der Waals surface area contributed by atoms with Gasteiger partial charge in [-0.15, -0.1) is 0 Å². The highest BCUT2D eigenvalue weighted by atomic mass is 35.5. The summed E-state index contributed by atoms with van der Waals surface area (Å²) in [5.41, 5.74) is 5.56. The first kappa shape index (κ1) is 16.5. The Morgan fingerprint density at radius 2 is 1.92 bits per heavy atom.